The Hall–Kier alpha value is -2.80. The monoisotopic (exact) mass is 381 g/mol. The van der Waals surface area contributed by atoms with Gasteiger partial charge in [-0.05, 0) is 48.9 Å². The van der Waals surface area contributed by atoms with Crippen molar-refractivity contribution < 1.29 is 9.13 Å². The smallest absolute Gasteiger partial charge is 0.204 e. The molecule has 2 aromatic carbocycles. The minimum atomic E-state index is -0.280. The first-order valence-corrected chi connectivity index (χ1v) is 9.57. The van der Waals surface area contributed by atoms with E-state index in [0.717, 1.165) is 30.4 Å². The van der Waals surface area contributed by atoms with Crippen molar-refractivity contribution in [2.24, 2.45) is 0 Å². The molecule has 0 aliphatic heterocycles. The van der Waals surface area contributed by atoms with Gasteiger partial charge in [0, 0.05) is 29.3 Å². The zero-order valence-corrected chi connectivity index (χ0v) is 16.0. The molecule has 1 aromatic heterocycles. The number of nitrogens with zero attached hydrogens (tertiary/aromatic N) is 3. The second kappa shape index (κ2) is 8.06. The Morgan fingerprint density at radius 3 is 2.71 bits per heavy atom. The second-order valence-corrected chi connectivity index (χ2v) is 7.34. The summed E-state index contributed by atoms with van der Waals surface area (Å²) in [5.74, 6) is 1.45. The summed E-state index contributed by atoms with van der Waals surface area (Å²) >= 11 is 0. The van der Waals surface area contributed by atoms with E-state index in [2.05, 4.69) is 45.0 Å². The standard InChI is InChI=1S/C21H24FN5O/c1-13(19-10-8-17(22)12-20(19)28-2)23-18-9-7-16(11-18)14-3-5-15(6-4-14)21-24-26-27-25-21/h3-6,8,10,12-13,16,18,23H,7,9,11H2,1-2H3,(H,24,25,26,27). The van der Waals surface area contributed by atoms with E-state index in [0.29, 0.717) is 23.5 Å². The Kier molecular flexibility index (Phi) is 5.34. The van der Waals surface area contributed by atoms with E-state index in [1.54, 1.807) is 13.2 Å². The van der Waals surface area contributed by atoms with Crippen LogP contribution in [0.3, 0.4) is 0 Å². The normalized spacial score (nSPS) is 20.2. The van der Waals surface area contributed by atoms with Crippen LogP contribution in [0, 0.1) is 5.82 Å². The minimum absolute atomic E-state index is 0.0971. The molecule has 1 aliphatic carbocycles. The van der Waals surface area contributed by atoms with E-state index in [4.69, 9.17) is 4.74 Å². The van der Waals surface area contributed by atoms with Crippen molar-refractivity contribution in [2.45, 2.75) is 44.2 Å². The summed E-state index contributed by atoms with van der Waals surface area (Å²) in [5.41, 5.74) is 3.28. The number of hydrogen-bond donors (Lipinski definition) is 2. The third-order valence-electron chi connectivity index (χ3n) is 5.57. The highest BCUT2D eigenvalue weighted by Crippen LogP contribution is 2.36. The highest BCUT2D eigenvalue weighted by Gasteiger charge is 2.27. The van der Waals surface area contributed by atoms with Crippen molar-refractivity contribution in [1.82, 2.24) is 25.9 Å². The van der Waals surface area contributed by atoms with E-state index in [1.807, 2.05) is 12.1 Å². The van der Waals surface area contributed by atoms with Crippen LogP contribution in [-0.2, 0) is 0 Å². The van der Waals surface area contributed by atoms with Crippen molar-refractivity contribution in [2.75, 3.05) is 7.11 Å². The molecule has 2 N–H and O–H groups in total. The summed E-state index contributed by atoms with van der Waals surface area (Å²) in [7, 11) is 1.58. The number of nitrogens with one attached hydrogen (secondary N) is 2. The van der Waals surface area contributed by atoms with Crippen LogP contribution in [0.2, 0.25) is 0 Å². The molecule has 28 heavy (non-hydrogen) atoms. The second-order valence-electron chi connectivity index (χ2n) is 7.34. The van der Waals surface area contributed by atoms with Gasteiger partial charge in [0.05, 0.1) is 7.11 Å². The van der Waals surface area contributed by atoms with Crippen LogP contribution in [0.4, 0.5) is 4.39 Å². The summed E-state index contributed by atoms with van der Waals surface area (Å²) in [6.07, 6.45) is 3.34. The summed E-state index contributed by atoms with van der Waals surface area (Å²) in [6.45, 7) is 2.10. The molecule has 1 fully saturated rings. The zero-order chi connectivity index (χ0) is 19.5. The molecular formula is C21H24FN5O. The van der Waals surface area contributed by atoms with Crippen LogP contribution < -0.4 is 10.1 Å². The molecule has 3 aromatic rings. The van der Waals surface area contributed by atoms with E-state index in [9.17, 15) is 4.39 Å². The Morgan fingerprint density at radius 2 is 2.00 bits per heavy atom. The molecule has 0 saturated heterocycles. The topological polar surface area (TPSA) is 75.7 Å². The van der Waals surface area contributed by atoms with E-state index in [1.165, 1.54) is 17.7 Å². The van der Waals surface area contributed by atoms with Gasteiger partial charge in [-0.2, -0.15) is 5.21 Å². The lowest BCUT2D eigenvalue weighted by Crippen LogP contribution is -2.29. The number of halogens is 1. The van der Waals surface area contributed by atoms with Crippen LogP contribution in [0.1, 0.15) is 49.3 Å². The van der Waals surface area contributed by atoms with E-state index < -0.39 is 0 Å². The van der Waals surface area contributed by atoms with E-state index >= 15 is 0 Å². The van der Waals surface area contributed by atoms with Gasteiger partial charge in [0.25, 0.3) is 0 Å². The first-order valence-electron chi connectivity index (χ1n) is 9.57. The predicted octanol–water partition coefficient (Wildman–Crippen LogP) is 4.00. The average Bonchev–Trinajstić information content (AvgIpc) is 3.40. The Labute approximate surface area is 163 Å². The zero-order valence-electron chi connectivity index (χ0n) is 16.0. The number of H-pyrrole nitrogens is 1. The molecule has 146 valence electrons. The van der Waals surface area contributed by atoms with Crippen LogP contribution in [0.5, 0.6) is 5.75 Å². The molecule has 0 amide bonds. The lowest BCUT2D eigenvalue weighted by molar-refractivity contribution is 0.389. The maximum absolute atomic E-state index is 13.4. The summed E-state index contributed by atoms with van der Waals surface area (Å²) < 4.78 is 18.8. The highest BCUT2D eigenvalue weighted by molar-refractivity contribution is 5.54. The third-order valence-corrected chi connectivity index (χ3v) is 5.57. The molecule has 3 unspecified atom stereocenters. The number of aromatic nitrogens is 4. The molecule has 1 aliphatic rings. The van der Waals surface area contributed by atoms with Gasteiger partial charge in [-0.1, -0.05) is 30.3 Å². The quantitative estimate of drug-likeness (QED) is 0.675. The number of ether oxygens (including phenoxy) is 1. The first-order chi connectivity index (χ1) is 13.6. The van der Waals surface area contributed by atoms with Crippen molar-refractivity contribution in [3.63, 3.8) is 0 Å². The fraction of sp³-hybridized carbons (Fsp3) is 0.381. The minimum Gasteiger partial charge on any atom is -0.496 e. The Balaban J connectivity index is 1.39. The van der Waals surface area contributed by atoms with Crippen LogP contribution in [0.25, 0.3) is 11.4 Å². The van der Waals surface area contributed by atoms with Gasteiger partial charge in [0.2, 0.25) is 5.82 Å². The fourth-order valence-corrected chi connectivity index (χ4v) is 4.11. The van der Waals surface area contributed by atoms with Crippen LogP contribution in [-0.4, -0.2) is 33.8 Å². The SMILES string of the molecule is COc1cc(F)ccc1C(C)NC1CCC(c2ccc(-c3nn[nH]n3)cc2)C1. The van der Waals surface area contributed by atoms with Crippen molar-refractivity contribution in [3.8, 4) is 17.1 Å². The molecular weight excluding hydrogens is 357 g/mol. The number of aromatic amines is 1. The van der Waals surface area contributed by atoms with E-state index in [-0.39, 0.29) is 11.9 Å². The third kappa shape index (κ3) is 3.89. The van der Waals surface area contributed by atoms with Crippen molar-refractivity contribution >= 4 is 0 Å². The molecule has 0 bridgehead atoms. The molecule has 4 rings (SSSR count). The number of rotatable bonds is 6. The molecule has 3 atom stereocenters. The van der Waals surface area contributed by atoms with Gasteiger partial charge in [0.1, 0.15) is 11.6 Å². The molecule has 6 nitrogen and oxygen atoms in total. The van der Waals surface area contributed by atoms with Gasteiger partial charge in [-0.3, -0.25) is 0 Å². The van der Waals surface area contributed by atoms with Crippen molar-refractivity contribution in [3.05, 3.63) is 59.4 Å². The maximum atomic E-state index is 13.4. The lowest BCUT2D eigenvalue weighted by Gasteiger charge is -2.22. The Morgan fingerprint density at radius 1 is 1.18 bits per heavy atom. The van der Waals surface area contributed by atoms with Gasteiger partial charge in [-0.25, -0.2) is 4.39 Å². The van der Waals surface area contributed by atoms with Gasteiger partial charge >= 0.3 is 0 Å². The molecule has 7 heteroatoms. The van der Waals surface area contributed by atoms with Gasteiger partial charge in [-0.15, -0.1) is 10.2 Å². The average molecular weight is 381 g/mol. The first kappa shape index (κ1) is 18.6. The van der Waals surface area contributed by atoms with Crippen LogP contribution in [0.15, 0.2) is 42.5 Å². The predicted molar refractivity (Wildman–Crippen MR) is 104 cm³/mol. The highest BCUT2D eigenvalue weighted by atomic mass is 19.1. The summed E-state index contributed by atoms with van der Waals surface area (Å²) in [6, 6.07) is 13.7. The maximum Gasteiger partial charge on any atom is 0.204 e. The molecule has 1 saturated carbocycles. The number of tetrazole rings is 1. The molecule has 0 spiro atoms. The largest absolute Gasteiger partial charge is 0.496 e. The Bertz CT molecular complexity index is 913. The van der Waals surface area contributed by atoms with Crippen LogP contribution >= 0.6 is 0 Å². The van der Waals surface area contributed by atoms with Crippen molar-refractivity contribution in [1.29, 1.82) is 0 Å². The summed E-state index contributed by atoms with van der Waals surface area (Å²) in [5, 5.41) is 17.8. The van der Waals surface area contributed by atoms with Gasteiger partial charge < -0.3 is 10.1 Å². The lowest BCUT2D eigenvalue weighted by atomic mass is 9.96. The van der Waals surface area contributed by atoms with Gasteiger partial charge in [0.15, 0.2) is 0 Å². The number of methoxy groups -OCH3 is 1. The number of benzene rings is 2. The molecule has 0 radical (unpaired) electrons. The fourth-order valence-electron chi connectivity index (χ4n) is 4.11. The molecule has 1 heterocycles. The summed E-state index contributed by atoms with van der Waals surface area (Å²) in [4.78, 5) is 0. The number of hydrogen-bond acceptors (Lipinski definition) is 5.